The number of fused-ring (bicyclic) bond motifs is 1. The van der Waals surface area contributed by atoms with Gasteiger partial charge in [0.15, 0.2) is 5.43 Å². The molecule has 4 aromatic heterocycles. The van der Waals surface area contributed by atoms with Crippen molar-refractivity contribution in [1.29, 1.82) is 0 Å². The highest BCUT2D eigenvalue weighted by Crippen LogP contribution is 2.30. The van der Waals surface area contributed by atoms with Crippen LogP contribution in [0.15, 0.2) is 16.9 Å². The van der Waals surface area contributed by atoms with E-state index in [0.29, 0.717) is 6.47 Å². The third kappa shape index (κ3) is 3.84. The number of pyridine rings is 1. The Morgan fingerprint density at radius 2 is 1.92 bits per heavy atom. The fourth-order valence-electron chi connectivity index (χ4n) is 2.42. The predicted molar refractivity (Wildman–Crippen MR) is 99.4 cm³/mol. The van der Waals surface area contributed by atoms with Gasteiger partial charge in [0, 0.05) is 43.7 Å². The lowest BCUT2D eigenvalue weighted by Crippen LogP contribution is -2.19. The second-order valence-corrected chi connectivity index (χ2v) is 7.35. The van der Waals surface area contributed by atoms with Gasteiger partial charge >= 0.3 is 0 Å². The van der Waals surface area contributed by atoms with Crippen molar-refractivity contribution in [3.8, 4) is 0 Å². The molecule has 0 saturated heterocycles. The molecule has 0 fully saturated rings. The smallest absolute Gasteiger partial charge is 0.293 e. The SMILES string of the molecule is CC(C)(C)OC=O.CN(C)C(=S)CCc1[nH]n2c3cc(=O)cc2c13. The van der Waals surface area contributed by atoms with Crippen molar-refractivity contribution < 1.29 is 9.53 Å². The van der Waals surface area contributed by atoms with E-state index in [1.165, 1.54) is 11.1 Å². The van der Waals surface area contributed by atoms with Gasteiger partial charge in [0.1, 0.15) is 5.60 Å². The summed E-state index contributed by atoms with van der Waals surface area (Å²) in [4.78, 5) is 23.7. The van der Waals surface area contributed by atoms with E-state index in [4.69, 9.17) is 12.2 Å². The fourth-order valence-corrected chi connectivity index (χ4v) is 2.52. The lowest BCUT2D eigenvalue weighted by Gasteiger charge is -2.14. The normalized spacial score (nSPS) is 11.5. The number of hydrogen-bond acceptors (Lipinski definition) is 4. The summed E-state index contributed by atoms with van der Waals surface area (Å²) in [7, 11) is 3.92. The van der Waals surface area contributed by atoms with Gasteiger partial charge in [-0.05, 0) is 27.2 Å². The summed E-state index contributed by atoms with van der Waals surface area (Å²) < 4.78 is 6.51. The molecule has 4 aromatic rings. The van der Waals surface area contributed by atoms with Gasteiger partial charge in [-0.15, -0.1) is 0 Å². The van der Waals surface area contributed by atoms with Crippen LogP contribution in [0.1, 0.15) is 32.9 Å². The van der Waals surface area contributed by atoms with E-state index in [-0.39, 0.29) is 11.0 Å². The van der Waals surface area contributed by atoms with Crippen LogP contribution in [0.2, 0.25) is 0 Å². The van der Waals surface area contributed by atoms with Gasteiger partial charge in [-0.1, -0.05) is 12.2 Å². The highest BCUT2D eigenvalue weighted by Gasteiger charge is 2.19. The molecular formula is C17H23N3O3S. The number of carbonyl (C=O) groups excluding carboxylic acids is 1. The van der Waals surface area contributed by atoms with Crippen molar-refractivity contribution in [2.24, 2.45) is 0 Å². The van der Waals surface area contributed by atoms with Gasteiger partial charge in [-0.25, -0.2) is 0 Å². The molecule has 0 aliphatic heterocycles. The number of nitrogens with one attached hydrogen (secondary N) is 1. The second-order valence-electron chi connectivity index (χ2n) is 6.88. The minimum Gasteiger partial charge on any atom is -0.462 e. The topological polar surface area (TPSA) is 66.8 Å². The molecule has 0 saturated carbocycles. The molecule has 0 atom stereocenters. The lowest BCUT2D eigenvalue weighted by atomic mass is 10.1. The Kier molecular flexibility index (Phi) is 5.13. The van der Waals surface area contributed by atoms with Crippen molar-refractivity contribution in [2.75, 3.05) is 14.1 Å². The number of carbonyl (C=O) groups is 1. The zero-order valence-electron chi connectivity index (χ0n) is 14.7. The van der Waals surface area contributed by atoms with Crippen LogP contribution >= 0.6 is 12.2 Å². The number of aromatic amines is 1. The molecule has 7 heteroatoms. The van der Waals surface area contributed by atoms with Crippen LogP contribution in [-0.4, -0.2) is 45.7 Å². The molecule has 130 valence electrons. The molecule has 1 N–H and O–H groups in total. The standard InChI is InChI=1S/C12H13N3OS.C5H10O2/c1-14(2)11(17)4-3-8-12-9-5-7(16)6-10(12)15(9)13-8;1-5(2,3)7-4-6/h5-6,13H,3-4H2,1-2H3;4H,1-3H3. The largest absolute Gasteiger partial charge is 0.462 e. The molecule has 0 aromatic carbocycles. The van der Waals surface area contributed by atoms with Crippen molar-refractivity contribution in [3.63, 3.8) is 0 Å². The first-order chi connectivity index (χ1) is 11.1. The van der Waals surface area contributed by atoms with E-state index < -0.39 is 0 Å². The van der Waals surface area contributed by atoms with Gasteiger partial charge in [-0.2, -0.15) is 0 Å². The number of rotatable bonds is 4. The van der Waals surface area contributed by atoms with E-state index in [0.717, 1.165) is 28.9 Å². The van der Waals surface area contributed by atoms with Crippen LogP contribution in [0, 0.1) is 0 Å². The van der Waals surface area contributed by atoms with Crippen LogP contribution < -0.4 is 5.43 Å². The average Bonchev–Trinajstić information content (AvgIpc) is 3.01. The molecule has 0 aliphatic rings. The zero-order chi connectivity index (χ0) is 18.1. The summed E-state index contributed by atoms with van der Waals surface area (Å²) in [6, 6.07) is 3.35. The quantitative estimate of drug-likeness (QED) is 0.579. The number of aromatic nitrogens is 2. The van der Waals surface area contributed by atoms with Crippen molar-refractivity contribution >= 4 is 40.1 Å². The minimum atomic E-state index is -0.318. The van der Waals surface area contributed by atoms with Crippen molar-refractivity contribution in [1.82, 2.24) is 14.5 Å². The first kappa shape index (κ1) is 18.2. The minimum absolute atomic E-state index is 0.0851. The number of hydrogen-bond donors (Lipinski definition) is 1. The Hall–Kier alpha value is -2.15. The van der Waals surface area contributed by atoms with E-state index in [9.17, 15) is 9.59 Å². The van der Waals surface area contributed by atoms with E-state index in [1.54, 1.807) is 12.1 Å². The van der Waals surface area contributed by atoms with Gasteiger partial charge in [0.2, 0.25) is 0 Å². The Balaban J connectivity index is 0.000000256. The monoisotopic (exact) mass is 349 g/mol. The van der Waals surface area contributed by atoms with E-state index in [2.05, 4.69) is 9.84 Å². The third-order valence-corrected chi connectivity index (χ3v) is 4.16. The zero-order valence-corrected chi connectivity index (χ0v) is 15.5. The Bertz CT molecular complexity index is 837. The van der Waals surface area contributed by atoms with Gasteiger partial charge in [0.05, 0.1) is 16.0 Å². The molecule has 6 nitrogen and oxygen atoms in total. The molecule has 0 spiro atoms. The maximum absolute atomic E-state index is 11.2. The highest BCUT2D eigenvalue weighted by molar-refractivity contribution is 7.80. The molecule has 4 bridgehead atoms. The second kappa shape index (κ2) is 6.76. The molecular weight excluding hydrogens is 326 g/mol. The first-order valence-corrected chi connectivity index (χ1v) is 8.14. The number of thiocarbonyl (C=S) groups is 1. The van der Waals surface area contributed by atoms with E-state index >= 15 is 0 Å². The van der Waals surface area contributed by atoms with Gasteiger partial charge in [0.25, 0.3) is 6.47 Å². The Morgan fingerprint density at radius 1 is 1.33 bits per heavy atom. The van der Waals surface area contributed by atoms with Crippen LogP contribution in [0.25, 0.3) is 16.4 Å². The summed E-state index contributed by atoms with van der Waals surface area (Å²) >= 11 is 5.26. The predicted octanol–water partition coefficient (Wildman–Crippen LogP) is 2.44. The molecule has 4 heterocycles. The van der Waals surface area contributed by atoms with Crippen LogP contribution in [0.4, 0.5) is 0 Å². The summed E-state index contributed by atoms with van der Waals surface area (Å²) in [5.74, 6) is 0. The van der Waals surface area contributed by atoms with Crippen molar-refractivity contribution in [3.05, 3.63) is 28.0 Å². The third-order valence-electron chi connectivity index (χ3n) is 3.59. The number of benzene rings is 1. The molecule has 0 amide bonds. The maximum Gasteiger partial charge on any atom is 0.293 e. The summed E-state index contributed by atoms with van der Waals surface area (Å²) in [6.07, 6.45) is 1.75. The average molecular weight is 349 g/mol. The number of H-pyrrole nitrogens is 1. The summed E-state index contributed by atoms with van der Waals surface area (Å²) in [5, 5.41) is 4.49. The first-order valence-electron chi connectivity index (χ1n) is 7.73. The molecule has 4 rings (SSSR count). The molecule has 0 aliphatic carbocycles. The highest BCUT2D eigenvalue weighted by atomic mass is 32.1. The number of ether oxygens (including phenoxy) is 1. The molecule has 0 radical (unpaired) electrons. The van der Waals surface area contributed by atoms with Crippen LogP contribution in [-0.2, 0) is 16.0 Å². The fraction of sp³-hybridized carbons (Fsp3) is 0.471. The number of aryl methyl sites for hydroxylation is 1. The van der Waals surface area contributed by atoms with Crippen LogP contribution in [0.3, 0.4) is 0 Å². The van der Waals surface area contributed by atoms with Gasteiger partial charge < -0.3 is 9.64 Å². The summed E-state index contributed by atoms with van der Waals surface area (Å²) in [5.41, 5.74) is 2.97. The number of nitrogens with zero attached hydrogens (tertiary/aromatic N) is 2. The maximum atomic E-state index is 11.2. The van der Waals surface area contributed by atoms with Crippen molar-refractivity contribution in [2.45, 2.75) is 39.2 Å². The Labute approximate surface area is 146 Å². The van der Waals surface area contributed by atoms with Crippen LogP contribution in [0.5, 0.6) is 0 Å². The van der Waals surface area contributed by atoms with E-state index in [1.807, 2.05) is 44.3 Å². The Morgan fingerprint density at radius 3 is 2.33 bits per heavy atom. The lowest BCUT2D eigenvalue weighted by molar-refractivity contribution is -0.138. The van der Waals surface area contributed by atoms with Gasteiger partial charge in [-0.3, -0.25) is 19.2 Å². The molecule has 24 heavy (non-hydrogen) atoms. The summed E-state index contributed by atoms with van der Waals surface area (Å²) in [6.45, 7) is 5.92. The molecule has 0 unspecified atom stereocenters.